The van der Waals surface area contributed by atoms with E-state index in [0.29, 0.717) is 60.7 Å². The molecule has 184 valence electrons. The van der Waals surface area contributed by atoms with Crippen molar-refractivity contribution < 1.29 is 13.9 Å². The van der Waals surface area contributed by atoms with Crippen LogP contribution in [0.1, 0.15) is 21.7 Å². The molecule has 3 aromatic carbocycles. The summed E-state index contributed by atoms with van der Waals surface area (Å²) in [5.41, 5.74) is 2.65. The highest BCUT2D eigenvalue weighted by Gasteiger charge is 2.22. The number of carbonyl (C=O) groups is 1. The van der Waals surface area contributed by atoms with Crippen molar-refractivity contribution in [1.82, 2.24) is 19.4 Å². The van der Waals surface area contributed by atoms with Gasteiger partial charge in [0, 0.05) is 38.3 Å². The Balaban J connectivity index is 1.25. The molecule has 1 fully saturated rings. The van der Waals surface area contributed by atoms with Gasteiger partial charge in [-0.25, -0.2) is 9.37 Å². The molecule has 0 spiro atoms. The molecule has 5 rings (SSSR count). The third kappa shape index (κ3) is 4.59. The molecule has 0 atom stereocenters. The predicted molar refractivity (Wildman–Crippen MR) is 136 cm³/mol. The number of ether oxygens (including phenoxy) is 1. The smallest absolute Gasteiger partial charge is 0.265 e. The third-order valence-corrected chi connectivity index (χ3v) is 6.60. The Kier molecular flexibility index (Phi) is 6.52. The van der Waals surface area contributed by atoms with Gasteiger partial charge < -0.3 is 9.64 Å². The minimum atomic E-state index is -0.371. The number of hydrogen-bond donors (Lipinski definition) is 0. The van der Waals surface area contributed by atoms with Crippen LogP contribution in [0, 0.1) is 12.7 Å². The van der Waals surface area contributed by atoms with Crippen LogP contribution in [0.25, 0.3) is 16.6 Å². The van der Waals surface area contributed by atoms with Crippen molar-refractivity contribution in [3.05, 3.63) is 99.9 Å². The Labute approximate surface area is 208 Å². The van der Waals surface area contributed by atoms with E-state index < -0.39 is 0 Å². The Hall–Kier alpha value is -4.04. The van der Waals surface area contributed by atoms with Gasteiger partial charge in [-0.2, -0.15) is 0 Å². The molecule has 1 aliphatic rings. The fourth-order valence-corrected chi connectivity index (χ4v) is 4.66. The molecule has 2 heterocycles. The molecule has 4 aromatic rings. The average Bonchev–Trinajstić information content (AvgIpc) is 2.89. The summed E-state index contributed by atoms with van der Waals surface area (Å²) in [4.78, 5) is 34.7. The summed E-state index contributed by atoms with van der Waals surface area (Å²) in [6.07, 6.45) is 0. The first kappa shape index (κ1) is 23.7. The van der Waals surface area contributed by atoms with Gasteiger partial charge in [-0.15, -0.1) is 0 Å². The molecule has 0 unspecified atom stereocenters. The lowest BCUT2D eigenvalue weighted by Crippen LogP contribution is -2.48. The molecule has 7 nitrogen and oxygen atoms in total. The van der Waals surface area contributed by atoms with Crippen molar-refractivity contribution in [2.24, 2.45) is 0 Å². The SMILES string of the molecule is COc1ccc(CN2CCN(C(=O)c3ccc(-n4c(C)nc5ccccc5c4=O)cc3)CC2)cc1F. The van der Waals surface area contributed by atoms with E-state index >= 15 is 0 Å². The highest BCUT2D eigenvalue weighted by atomic mass is 19.1. The van der Waals surface area contributed by atoms with Crippen LogP contribution in [-0.2, 0) is 6.54 Å². The van der Waals surface area contributed by atoms with E-state index in [0.717, 1.165) is 5.56 Å². The lowest BCUT2D eigenvalue weighted by Gasteiger charge is -2.34. The summed E-state index contributed by atoms with van der Waals surface area (Å²) in [6.45, 7) is 5.00. The Morgan fingerprint density at radius 2 is 1.72 bits per heavy atom. The number of amides is 1. The van der Waals surface area contributed by atoms with E-state index in [1.165, 1.54) is 13.2 Å². The number of hydrogen-bond acceptors (Lipinski definition) is 5. The molecule has 36 heavy (non-hydrogen) atoms. The van der Waals surface area contributed by atoms with Crippen molar-refractivity contribution in [2.45, 2.75) is 13.5 Å². The molecule has 1 amide bonds. The highest BCUT2D eigenvalue weighted by Crippen LogP contribution is 2.20. The summed E-state index contributed by atoms with van der Waals surface area (Å²) >= 11 is 0. The fraction of sp³-hybridized carbons (Fsp3) is 0.250. The number of piperazine rings is 1. The normalized spacial score (nSPS) is 14.2. The van der Waals surface area contributed by atoms with Crippen LogP contribution in [-0.4, -0.2) is 58.5 Å². The summed E-state index contributed by atoms with van der Waals surface area (Å²) in [7, 11) is 1.45. The number of halogens is 1. The maximum Gasteiger partial charge on any atom is 0.265 e. The maximum atomic E-state index is 14.0. The lowest BCUT2D eigenvalue weighted by atomic mass is 10.1. The first-order chi connectivity index (χ1) is 17.4. The molecule has 0 radical (unpaired) electrons. The molecule has 1 aromatic heterocycles. The van der Waals surface area contributed by atoms with Gasteiger partial charge in [0.05, 0.1) is 23.7 Å². The van der Waals surface area contributed by atoms with E-state index in [2.05, 4.69) is 9.88 Å². The van der Waals surface area contributed by atoms with Crippen LogP contribution >= 0.6 is 0 Å². The largest absolute Gasteiger partial charge is 0.494 e. The summed E-state index contributed by atoms with van der Waals surface area (Å²) in [5.74, 6) is 0.407. The first-order valence-electron chi connectivity index (χ1n) is 11.9. The van der Waals surface area contributed by atoms with Crippen molar-refractivity contribution >= 4 is 16.8 Å². The van der Waals surface area contributed by atoms with Crippen molar-refractivity contribution in [2.75, 3.05) is 33.3 Å². The average molecular weight is 487 g/mol. The second-order valence-electron chi connectivity index (χ2n) is 8.90. The van der Waals surface area contributed by atoms with Gasteiger partial charge in [-0.1, -0.05) is 18.2 Å². The predicted octanol–water partition coefficient (Wildman–Crippen LogP) is 3.80. The third-order valence-electron chi connectivity index (χ3n) is 6.60. The summed E-state index contributed by atoms with van der Waals surface area (Å²) in [6, 6.07) is 19.3. The zero-order chi connectivity index (χ0) is 25.2. The van der Waals surface area contributed by atoms with E-state index in [1.807, 2.05) is 29.2 Å². The number of methoxy groups -OCH3 is 1. The number of carbonyl (C=O) groups excluding carboxylic acids is 1. The second kappa shape index (κ2) is 9.91. The number of fused-ring (bicyclic) bond motifs is 1. The number of para-hydroxylation sites is 1. The van der Waals surface area contributed by atoms with Crippen molar-refractivity contribution in [3.63, 3.8) is 0 Å². The molecule has 1 saturated heterocycles. The minimum Gasteiger partial charge on any atom is -0.494 e. The quantitative estimate of drug-likeness (QED) is 0.429. The van der Waals surface area contributed by atoms with E-state index in [9.17, 15) is 14.0 Å². The molecular weight excluding hydrogens is 459 g/mol. The molecule has 0 aliphatic carbocycles. The Morgan fingerprint density at radius 3 is 2.42 bits per heavy atom. The molecule has 1 aliphatic heterocycles. The maximum absolute atomic E-state index is 14.0. The van der Waals surface area contributed by atoms with Crippen molar-refractivity contribution in [1.29, 1.82) is 0 Å². The molecule has 0 bridgehead atoms. The van der Waals surface area contributed by atoms with Gasteiger partial charge in [-0.05, 0) is 61.0 Å². The number of aromatic nitrogens is 2. The Bertz CT molecular complexity index is 1470. The number of aryl methyl sites for hydroxylation is 1. The van der Waals surface area contributed by atoms with Gasteiger partial charge in [0.15, 0.2) is 11.6 Å². The summed E-state index contributed by atoms with van der Waals surface area (Å²) < 4.78 is 20.5. The van der Waals surface area contributed by atoms with Gasteiger partial charge in [0.2, 0.25) is 0 Å². The van der Waals surface area contributed by atoms with Crippen LogP contribution < -0.4 is 10.3 Å². The standard InChI is InChI=1S/C28H27FN4O3/c1-19-30-25-6-4-3-5-23(25)28(35)33(19)22-10-8-21(9-11-22)27(34)32-15-13-31(14-16-32)18-20-7-12-26(36-2)24(29)17-20/h3-12,17H,13-16,18H2,1-2H3. The monoisotopic (exact) mass is 486 g/mol. The molecule has 0 N–H and O–H groups in total. The van der Waals surface area contributed by atoms with Crippen LogP contribution in [0.5, 0.6) is 5.75 Å². The van der Waals surface area contributed by atoms with Gasteiger partial charge in [-0.3, -0.25) is 19.1 Å². The highest BCUT2D eigenvalue weighted by molar-refractivity contribution is 5.94. The van der Waals surface area contributed by atoms with E-state index in [1.54, 1.807) is 47.9 Å². The van der Waals surface area contributed by atoms with Crippen molar-refractivity contribution in [3.8, 4) is 11.4 Å². The van der Waals surface area contributed by atoms with Crippen LogP contribution in [0.3, 0.4) is 0 Å². The first-order valence-corrected chi connectivity index (χ1v) is 11.9. The number of benzene rings is 3. The van der Waals surface area contributed by atoms with E-state index in [-0.39, 0.29) is 23.0 Å². The zero-order valence-electron chi connectivity index (χ0n) is 20.3. The Morgan fingerprint density at radius 1 is 1.00 bits per heavy atom. The zero-order valence-corrected chi connectivity index (χ0v) is 20.3. The van der Waals surface area contributed by atoms with Gasteiger partial charge >= 0.3 is 0 Å². The van der Waals surface area contributed by atoms with E-state index in [4.69, 9.17) is 4.74 Å². The molecule has 8 heteroatoms. The topological polar surface area (TPSA) is 67.7 Å². The lowest BCUT2D eigenvalue weighted by molar-refractivity contribution is 0.0628. The van der Waals surface area contributed by atoms with Gasteiger partial charge in [0.25, 0.3) is 11.5 Å². The molecular formula is C28H27FN4O3. The van der Waals surface area contributed by atoms with Crippen LogP contribution in [0.15, 0.2) is 71.5 Å². The van der Waals surface area contributed by atoms with Crippen LogP contribution in [0.2, 0.25) is 0 Å². The molecule has 0 saturated carbocycles. The fourth-order valence-electron chi connectivity index (χ4n) is 4.66. The van der Waals surface area contributed by atoms with Crippen LogP contribution in [0.4, 0.5) is 4.39 Å². The van der Waals surface area contributed by atoms with Gasteiger partial charge in [0.1, 0.15) is 5.82 Å². The summed E-state index contributed by atoms with van der Waals surface area (Å²) in [5, 5.41) is 0.554. The number of rotatable bonds is 5. The minimum absolute atomic E-state index is 0.0441. The number of nitrogens with zero attached hydrogens (tertiary/aromatic N) is 4. The second-order valence-corrected chi connectivity index (χ2v) is 8.90.